The van der Waals surface area contributed by atoms with E-state index in [1.807, 2.05) is 24.3 Å². The Morgan fingerprint density at radius 3 is 2.17 bits per heavy atom. The van der Waals surface area contributed by atoms with Crippen LogP contribution in [0.1, 0.15) is 25.0 Å². The molecule has 3 aromatic rings. The van der Waals surface area contributed by atoms with Gasteiger partial charge in [-0.15, -0.1) is 0 Å². The van der Waals surface area contributed by atoms with Gasteiger partial charge in [0, 0.05) is 29.3 Å². The lowest BCUT2D eigenvalue weighted by atomic mass is 10.0. The number of benzene rings is 2. The van der Waals surface area contributed by atoms with Crippen LogP contribution in [0.5, 0.6) is 5.75 Å². The van der Waals surface area contributed by atoms with Gasteiger partial charge in [-0.1, -0.05) is 44.2 Å². The van der Waals surface area contributed by atoms with Crippen LogP contribution in [0.15, 0.2) is 54.7 Å². The monoisotopic (exact) mass is 569 g/mol. The number of carbonyl (C=O) groups is 4. The molecule has 2 aromatic carbocycles. The number of phenolic OH excluding ortho intramolecular Hbond substituents is 1. The summed E-state index contributed by atoms with van der Waals surface area (Å²) >= 11 is 4.17. The second-order valence-electron chi connectivity index (χ2n) is 9.91. The number of carboxylic acid groups (broad SMARTS) is 1. The molecule has 214 valence electrons. The number of H-pyrrole nitrogens is 1. The minimum absolute atomic E-state index is 0.0398. The largest absolute Gasteiger partial charge is 0.508 e. The Balaban J connectivity index is 1.63. The first-order chi connectivity index (χ1) is 19.0. The van der Waals surface area contributed by atoms with E-state index in [9.17, 15) is 29.4 Å². The van der Waals surface area contributed by atoms with Crippen molar-refractivity contribution in [2.45, 2.75) is 50.9 Å². The minimum atomic E-state index is -1.23. The molecule has 0 aliphatic carbocycles. The SMILES string of the molecule is CC(C)C(NC(=O)C(CS)NC(=O)C(N)Cc1ccc(O)cc1)C(=O)NC(Cc1c[nH]c2ccccc12)C(=O)O. The average Bonchev–Trinajstić information content (AvgIpc) is 3.33. The molecule has 11 nitrogen and oxygen atoms in total. The highest BCUT2D eigenvalue weighted by Gasteiger charge is 2.32. The van der Waals surface area contributed by atoms with Gasteiger partial charge < -0.3 is 36.9 Å². The van der Waals surface area contributed by atoms with Crippen LogP contribution in [0.25, 0.3) is 10.9 Å². The molecule has 40 heavy (non-hydrogen) atoms. The summed E-state index contributed by atoms with van der Waals surface area (Å²) in [6.45, 7) is 3.42. The lowest BCUT2D eigenvalue weighted by molar-refractivity contribution is -0.142. The number of aromatic amines is 1. The Bertz CT molecular complexity index is 1340. The van der Waals surface area contributed by atoms with Crippen LogP contribution in [0.4, 0.5) is 0 Å². The summed E-state index contributed by atoms with van der Waals surface area (Å²) < 4.78 is 0. The van der Waals surface area contributed by atoms with Gasteiger partial charge in [-0.25, -0.2) is 4.79 Å². The van der Waals surface area contributed by atoms with Gasteiger partial charge in [0.05, 0.1) is 6.04 Å². The molecular formula is C28H35N5O6S. The van der Waals surface area contributed by atoms with Gasteiger partial charge >= 0.3 is 5.97 Å². The minimum Gasteiger partial charge on any atom is -0.508 e. The zero-order chi connectivity index (χ0) is 29.4. The van der Waals surface area contributed by atoms with Crippen LogP contribution in [-0.2, 0) is 32.0 Å². The maximum atomic E-state index is 13.2. The number of para-hydroxylation sites is 1. The van der Waals surface area contributed by atoms with E-state index in [2.05, 4.69) is 33.6 Å². The number of amides is 3. The van der Waals surface area contributed by atoms with Crippen molar-refractivity contribution < 1.29 is 29.4 Å². The molecule has 1 aromatic heterocycles. The molecule has 12 heteroatoms. The molecule has 3 rings (SSSR count). The molecule has 4 atom stereocenters. The topological polar surface area (TPSA) is 187 Å². The molecule has 0 aliphatic rings. The highest BCUT2D eigenvalue weighted by molar-refractivity contribution is 7.80. The van der Waals surface area contributed by atoms with Crippen molar-refractivity contribution in [2.75, 3.05) is 5.75 Å². The van der Waals surface area contributed by atoms with Crippen molar-refractivity contribution in [1.29, 1.82) is 0 Å². The molecule has 0 bridgehead atoms. The maximum Gasteiger partial charge on any atom is 0.326 e. The van der Waals surface area contributed by atoms with Crippen LogP contribution >= 0.6 is 12.6 Å². The van der Waals surface area contributed by atoms with Crippen LogP contribution in [-0.4, -0.2) is 68.8 Å². The Morgan fingerprint density at radius 1 is 0.900 bits per heavy atom. The molecule has 0 spiro atoms. The van der Waals surface area contributed by atoms with E-state index in [1.54, 1.807) is 32.2 Å². The normalized spacial score (nSPS) is 14.2. The van der Waals surface area contributed by atoms with Crippen LogP contribution < -0.4 is 21.7 Å². The number of carbonyl (C=O) groups excluding carboxylic acids is 3. The number of thiol groups is 1. The third-order valence-electron chi connectivity index (χ3n) is 6.50. The van der Waals surface area contributed by atoms with Crippen molar-refractivity contribution in [3.8, 4) is 5.75 Å². The van der Waals surface area contributed by atoms with Crippen molar-refractivity contribution in [1.82, 2.24) is 20.9 Å². The number of aliphatic carboxylic acids is 1. The molecule has 0 saturated heterocycles. The second kappa shape index (κ2) is 13.9. The number of hydrogen-bond donors (Lipinski definition) is 8. The summed E-state index contributed by atoms with van der Waals surface area (Å²) in [5.74, 6) is -3.48. The third kappa shape index (κ3) is 7.99. The molecule has 3 amide bonds. The first-order valence-electron chi connectivity index (χ1n) is 12.8. The number of nitrogens with one attached hydrogen (secondary N) is 4. The zero-order valence-electron chi connectivity index (χ0n) is 22.3. The smallest absolute Gasteiger partial charge is 0.326 e. The summed E-state index contributed by atoms with van der Waals surface area (Å²) in [5, 5.41) is 27.8. The molecule has 1 heterocycles. The van der Waals surface area contributed by atoms with E-state index >= 15 is 0 Å². The quantitative estimate of drug-likeness (QED) is 0.142. The molecule has 0 radical (unpaired) electrons. The molecular weight excluding hydrogens is 534 g/mol. The first-order valence-corrected chi connectivity index (χ1v) is 13.5. The summed E-state index contributed by atoms with van der Waals surface area (Å²) in [7, 11) is 0. The highest BCUT2D eigenvalue weighted by atomic mass is 32.1. The maximum absolute atomic E-state index is 13.2. The van der Waals surface area contributed by atoms with Crippen LogP contribution in [0.2, 0.25) is 0 Å². The third-order valence-corrected chi connectivity index (χ3v) is 6.87. The van der Waals surface area contributed by atoms with E-state index < -0.39 is 47.9 Å². The zero-order valence-corrected chi connectivity index (χ0v) is 23.2. The van der Waals surface area contributed by atoms with E-state index in [0.717, 1.165) is 22.0 Å². The number of fused-ring (bicyclic) bond motifs is 1. The summed E-state index contributed by atoms with van der Waals surface area (Å²) in [4.78, 5) is 53.9. The Labute approximate surface area is 237 Å². The van der Waals surface area contributed by atoms with Crippen molar-refractivity contribution in [3.05, 3.63) is 65.9 Å². The summed E-state index contributed by atoms with van der Waals surface area (Å²) in [5.41, 5.74) is 8.32. The van der Waals surface area contributed by atoms with Crippen molar-refractivity contribution >= 4 is 47.2 Å². The number of aromatic hydroxyl groups is 1. The number of hydrogen-bond acceptors (Lipinski definition) is 7. The summed E-state index contributed by atoms with van der Waals surface area (Å²) in [6, 6.07) is 9.32. The van der Waals surface area contributed by atoms with Crippen molar-refractivity contribution in [3.63, 3.8) is 0 Å². The fraction of sp³-hybridized carbons (Fsp3) is 0.357. The number of nitrogens with two attached hydrogens (primary N) is 1. The van der Waals surface area contributed by atoms with Gasteiger partial charge in [0.1, 0.15) is 23.9 Å². The van der Waals surface area contributed by atoms with Crippen LogP contribution in [0, 0.1) is 5.92 Å². The standard InChI is InChI=1S/C28H35N5O6S/c1-15(2)24(27(37)31-22(28(38)39)12-17-13-30-21-6-4-3-5-19(17)21)33-26(36)23(14-40)32-25(35)20(29)11-16-7-9-18(34)10-8-16/h3-10,13,15,20,22-24,30,34,40H,11-12,14,29H2,1-2H3,(H,31,37)(H,32,35)(H,33,36)(H,38,39). The molecule has 8 N–H and O–H groups in total. The summed E-state index contributed by atoms with van der Waals surface area (Å²) in [6.07, 6.45) is 1.93. The van der Waals surface area contributed by atoms with Gasteiger partial charge in [-0.3, -0.25) is 14.4 Å². The fourth-order valence-electron chi connectivity index (χ4n) is 4.22. The number of phenols is 1. The predicted molar refractivity (Wildman–Crippen MR) is 154 cm³/mol. The number of rotatable bonds is 13. The van der Waals surface area contributed by atoms with E-state index in [-0.39, 0.29) is 30.3 Å². The van der Waals surface area contributed by atoms with Gasteiger partial charge in [0.2, 0.25) is 17.7 Å². The second-order valence-corrected chi connectivity index (χ2v) is 10.3. The number of carboxylic acids is 1. The lowest BCUT2D eigenvalue weighted by Crippen LogP contribution is -2.59. The molecule has 0 saturated carbocycles. The van der Waals surface area contributed by atoms with Gasteiger partial charge in [-0.05, 0) is 41.7 Å². The predicted octanol–water partition coefficient (Wildman–Crippen LogP) is 1.11. The number of aromatic nitrogens is 1. The Morgan fingerprint density at radius 2 is 1.55 bits per heavy atom. The lowest BCUT2D eigenvalue weighted by Gasteiger charge is -2.26. The first kappa shape index (κ1) is 30.5. The van der Waals surface area contributed by atoms with Gasteiger partial charge in [-0.2, -0.15) is 12.6 Å². The van der Waals surface area contributed by atoms with E-state index in [0.29, 0.717) is 0 Å². The molecule has 0 aliphatic heterocycles. The molecule has 4 unspecified atom stereocenters. The average molecular weight is 570 g/mol. The molecule has 0 fully saturated rings. The van der Waals surface area contributed by atoms with Gasteiger partial charge in [0.25, 0.3) is 0 Å². The highest BCUT2D eigenvalue weighted by Crippen LogP contribution is 2.19. The van der Waals surface area contributed by atoms with Gasteiger partial charge in [0.15, 0.2) is 0 Å². The van der Waals surface area contributed by atoms with Crippen molar-refractivity contribution in [2.24, 2.45) is 11.7 Å². The van der Waals surface area contributed by atoms with Crippen LogP contribution in [0.3, 0.4) is 0 Å². The Hall–Kier alpha value is -4.03. The van der Waals surface area contributed by atoms with E-state index in [4.69, 9.17) is 5.73 Å². The Kier molecular flexibility index (Phi) is 10.6. The fourth-order valence-corrected chi connectivity index (χ4v) is 4.48. The van der Waals surface area contributed by atoms with E-state index in [1.165, 1.54) is 12.1 Å².